The Bertz CT molecular complexity index is 3130. The Kier molecular flexibility index (Phi) is 18.8. The first-order valence-electron chi connectivity index (χ1n) is 22.7. The summed E-state index contributed by atoms with van der Waals surface area (Å²) in [5.41, 5.74) is 0. The van der Waals surface area contributed by atoms with Gasteiger partial charge < -0.3 is 61.0 Å². The molecule has 1 spiro atoms. The zero-order valence-corrected chi connectivity index (χ0v) is 57.3. The summed E-state index contributed by atoms with van der Waals surface area (Å²) >= 11 is 0. The van der Waals surface area contributed by atoms with Crippen molar-refractivity contribution >= 4 is 111 Å². The molecule has 7 unspecified atom stereocenters. The van der Waals surface area contributed by atoms with E-state index in [-0.39, 0.29) is 160 Å². The molecule has 5 aliphatic rings. The Hall–Kier alpha value is -1.06. The van der Waals surface area contributed by atoms with Crippen LogP contribution in [-0.2, 0) is 41.8 Å². The molecule has 0 saturated carbocycles. The predicted octanol–water partition coefficient (Wildman–Crippen LogP) is -13.8. The van der Waals surface area contributed by atoms with Crippen LogP contribution in [0.15, 0.2) is 243 Å². The van der Waals surface area contributed by atoms with E-state index in [9.17, 15) is 0 Å². The van der Waals surface area contributed by atoms with Crippen LogP contribution in [0.3, 0.4) is 0 Å². The molecule has 0 amide bonds. The van der Waals surface area contributed by atoms with Crippen molar-refractivity contribution < 1.29 is 179 Å². The Balaban J connectivity index is 0.00000187. The van der Waals surface area contributed by atoms with Gasteiger partial charge in [0, 0.05) is 10.4 Å². The van der Waals surface area contributed by atoms with Gasteiger partial charge in [-0.2, -0.15) is 0 Å². The smallest absolute Gasteiger partial charge is 0.814 e. The quantitative estimate of drug-likeness (QED) is 0.131. The van der Waals surface area contributed by atoms with Crippen LogP contribution >= 0.6 is 0 Å². The summed E-state index contributed by atoms with van der Waals surface area (Å²) in [6.07, 6.45) is 0. The second-order valence-corrected chi connectivity index (χ2v) is 39.7. The summed E-state index contributed by atoms with van der Waals surface area (Å²) in [6, 6.07) is 66.5. The molecule has 0 aromatic heterocycles. The summed E-state index contributed by atoms with van der Waals surface area (Å²) in [4.78, 5) is 68.3. The minimum absolute atomic E-state index is 0. The van der Waals surface area contributed by atoms with Crippen LogP contribution in [0.1, 0.15) is 0 Å². The van der Waals surface area contributed by atoms with Gasteiger partial charge in [0.1, 0.15) is 0 Å². The second-order valence-electron chi connectivity index (χ2n) is 17.1. The summed E-state index contributed by atoms with van der Waals surface area (Å²) in [6.45, 7) is 0. The van der Waals surface area contributed by atoms with Gasteiger partial charge in [0.2, 0.25) is 5.03 Å². The fourth-order valence-electron chi connectivity index (χ4n) is 9.48. The number of benzene rings is 8. The van der Waals surface area contributed by atoms with Crippen molar-refractivity contribution in [3.05, 3.63) is 243 Å². The van der Waals surface area contributed by atoms with Gasteiger partial charge in [-0.15, -0.1) is 0 Å². The minimum atomic E-state index is -5.80. The van der Waals surface area contributed by atoms with Crippen molar-refractivity contribution in [2.24, 2.45) is 0 Å². The van der Waals surface area contributed by atoms with Crippen LogP contribution in [0.4, 0.5) is 0 Å². The SMILES string of the molecule is [Na+].[Na+].[Na+].[Na+].[O-][Si]1(c2ccccc2)OC23O[Si](c4ccccc4)(O1)O[Si]([O-])(c1ccccc1)O[Si]2(c1ccccc1)O[Si]1(c2ccccc2)O[Si]([O-])(c2ccccc2)O[Si]3(c2ccccc2)O[Si]([O-])(c2ccccc2)O1. The molecule has 4 bridgehead atoms. The molecule has 75 heavy (non-hydrogen) atoms. The van der Waals surface area contributed by atoms with E-state index in [1.165, 1.54) is 0 Å². The third kappa shape index (κ3) is 10.3. The van der Waals surface area contributed by atoms with E-state index < -0.39 is 75.0 Å². The maximum atomic E-state index is 17.1. The van der Waals surface area contributed by atoms with E-state index in [0.29, 0.717) is 0 Å². The molecule has 8 aromatic rings. The molecule has 5 fully saturated rings. The Morgan fingerprint density at radius 1 is 0.227 bits per heavy atom. The van der Waals surface area contributed by atoms with Crippen molar-refractivity contribution in [1.29, 1.82) is 0 Å². The fraction of sp³-hybridized carbons (Fsp3) is 0.0204. The first-order chi connectivity index (χ1) is 34.4. The summed E-state index contributed by atoms with van der Waals surface area (Å²) in [5, 5.41) is -2.19. The molecule has 0 N–H and O–H groups in total. The molecule has 14 nitrogen and oxygen atoms in total. The van der Waals surface area contributed by atoms with E-state index in [0.717, 1.165) is 0 Å². The molecule has 26 heteroatoms. The van der Waals surface area contributed by atoms with E-state index in [1.807, 2.05) is 0 Å². The molecule has 0 radical (unpaired) electrons. The summed E-state index contributed by atoms with van der Waals surface area (Å²) < 4.78 is 74.9. The zero-order valence-electron chi connectivity index (χ0n) is 41.3. The summed E-state index contributed by atoms with van der Waals surface area (Å²) in [7, 11) is -44.2. The van der Waals surface area contributed by atoms with Crippen LogP contribution in [0, 0.1) is 0 Å². The average Bonchev–Trinajstić information content (AvgIpc) is 3.50. The van der Waals surface area contributed by atoms with E-state index in [4.69, 9.17) is 41.8 Å². The van der Waals surface area contributed by atoms with Gasteiger partial charge in [0.15, 0.2) is 0 Å². The molecule has 5 aliphatic heterocycles. The monoisotopic (exact) mass is 1170 g/mol. The average molecular weight is 1170 g/mol. The minimum Gasteiger partial charge on any atom is -0.814 e. The van der Waals surface area contributed by atoms with Gasteiger partial charge >= 0.3 is 153 Å². The Morgan fingerprint density at radius 3 is 0.773 bits per heavy atom. The van der Waals surface area contributed by atoms with Crippen molar-refractivity contribution in [1.82, 2.24) is 0 Å². The van der Waals surface area contributed by atoms with Crippen molar-refractivity contribution in [3.8, 4) is 0 Å². The van der Waals surface area contributed by atoms with E-state index >= 15 is 19.2 Å². The predicted molar refractivity (Wildman–Crippen MR) is 268 cm³/mol. The van der Waals surface area contributed by atoms with Crippen molar-refractivity contribution in [2.75, 3.05) is 0 Å². The maximum absolute atomic E-state index is 17.1. The first-order valence-corrected chi connectivity index (χ1v) is 36.7. The number of hydrogen-bond acceptors (Lipinski definition) is 14. The van der Waals surface area contributed by atoms with Crippen LogP contribution in [-0.4, -0.2) is 75.0 Å². The largest absolute Gasteiger partial charge is 1.00 e. The first kappa shape index (κ1) is 60.0. The van der Waals surface area contributed by atoms with Crippen LogP contribution in [0.2, 0.25) is 0 Å². The Labute approximate surface area is 531 Å². The van der Waals surface area contributed by atoms with Gasteiger partial charge in [0.05, 0.1) is 0 Å². The number of fused-ring (bicyclic) bond motifs is 5. The normalized spacial score (nSPS) is 32.6. The molecule has 13 rings (SSSR count). The molecule has 356 valence electrons. The van der Waals surface area contributed by atoms with Crippen molar-refractivity contribution in [2.45, 2.75) is 5.03 Å². The molecule has 7 atom stereocenters. The third-order valence-corrected chi connectivity index (χ3v) is 44.7. The maximum Gasteiger partial charge on any atom is 1.00 e. The zero-order chi connectivity index (χ0) is 48.5. The second kappa shape index (κ2) is 23.4. The number of hydrogen-bond donors (Lipinski definition) is 0. The van der Waals surface area contributed by atoms with Gasteiger partial charge in [0.25, 0.3) is 35.2 Å². The van der Waals surface area contributed by atoms with Crippen LogP contribution in [0.25, 0.3) is 0 Å². The van der Waals surface area contributed by atoms with Crippen molar-refractivity contribution in [3.63, 3.8) is 0 Å². The Morgan fingerprint density at radius 2 is 0.453 bits per heavy atom. The molecule has 0 aliphatic carbocycles. The molecule has 5 heterocycles. The van der Waals surface area contributed by atoms with Gasteiger partial charge in [-0.3, -0.25) is 0 Å². The van der Waals surface area contributed by atoms with Gasteiger partial charge in [-0.05, 0) is 31.1 Å². The molecule has 8 aromatic carbocycles. The van der Waals surface area contributed by atoms with Gasteiger partial charge in [-0.25, -0.2) is 0 Å². The van der Waals surface area contributed by atoms with E-state index in [1.54, 1.807) is 243 Å². The topological polar surface area (TPSA) is 185 Å². The fourth-order valence-corrected chi connectivity index (χ4v) is 51.2. The van der Waals surface area contributed by atoms with Gasteiger partial charge in [-0.1, -0.05) is 243 Å². The summed E-state index contributed by atoms with van der Waals surface area (Å²) in [5.74, 6) is 0. The molecule has 5 saturated heterocycles. The van der Waals surface area contributed by atoms with Crippen LogP contribution in [0.5, 0.6) is 0 Å². The standard InChI is InChI=1S/C49H40O14Si8.4Na/c50-66(43-29-13-3-14-30-43)54-49-55-70(60-66,47-37-21-7-22-38-47)61-67(51,44-31-15-4-16-32-44)58-65(49,42-27-11-2-12-28-42)59-71(48-39-23-8-24-40-48)62-68(52,45-33-17-5-18-34-45)56-64(49,41-25-9-1-10-26-41)57-69(53,63-71)46-35-19-6-20-36-46;;;;/h1-40H;;;;/q-4;4*+1. The number of rotatable bonds is 8. The molecular weight excluding hydrogens is 1130 g/mol. The van der Waals surface area contributed by atoms with E-state index in [2.05, 4.69) is 0 Å². The third-order valence-electron chi connectivity index (χ3n) is 12.7. The molecular formula is C49H40Na4O14Si8. The van der Waals surface area contributed by atoms with Crippen LogP contribution < -0.4 is 179 Å².